The van der Waals surface area contributed by atoms with E-state index in [4.69, 9.17) is 0 Å². The number of hydrogen-bond acceptors (Lipinski definition) is 3. The highest BCUT2D eigenvalue weighted by molar-refractivity contribution is 5.87. The Morgan fingerprint density at radius 1 is 1.16 bits per heavy atom. The van der Waals surface area contributed by atoms with Crippen molar-refractivity contribution in [2.24, 2.45) is 0 Å². The average molecular weight is 371 g/mol. The van der Waals surface area contributed by atoms with E-state index in [1.807, 2.05) is 4.90 Å². The van der Waals surface area contributed by atoms with Gasteiger partial charge >= 0.3 is 6.03 Å². The van der Waals surface area contributed by atoms with Gasteiger partial charge in [-0.1, -0.05) is 12.1 Å². The molecule has 25 heavy (non-hydrogen) atoms. The molecule has 138 valence electrons. The van der Waals surface area contributed by atoms with Crippen LogP contribution < -0.4 is 10.6 Å². The summed E-state index contributed by atoms with van der Waals surface area (Å²) in [5, 5.41) is 6.08. The van der Waals surface area contributed by atoms with Crippen molar-refractivity contribution in [2.75, 3.05) is 32.7 Å². The zero-order valence-corrected chi connectivity index (χ0v) is 14.9. The Labute approximate surface area is 153 Å². The van der Waals surface area contributed by atoms with Crippen LogP contribution in [0.3, 0.4) is 0 Å². The van der Waals surface area contributed by atoms with Crippen molar-refractivity contribution < 1.29 is 14.0 Å². The van der Waals surface area contributed by atoms with Gasteiger partial charge in [0, 0.05) is 39.3 Å². The number of rotatable bonds is 3. The molecule has 2 heterocycles. The van der Waals surface area contributed by atoms with E-state index in [1.54, 1.807) is 17.0 Å². The van der Waals surface area contributed by atoms with Gasteiger partial charge in [0.05, 0.1) is 0 Å². The van der Waals surface area contributed by atoms with E-state index in [0.717, 1.165) is 25.1 Å². The van der Waals surface area contributed by atoms with Crippen LogP contribution in [-0.2, 0) is 11.3 Å². The highest BCUT2D eigenvalue weighted by atomic mass is 35.5. The lowest BCUT2D eigenvalue weighted by Gasteiger charge is -2.33. The number of carbonyl (C=O) groups is 2. The molecule has 1 atom stereocenters. The fraction of sp³-hybridized carbons (Fsp3) is 0.529. The van der Waals surface area contributed by atoms with Crippen molar-refractivity contribution >= 4 is 24.3 Å². The zero-order valence-electron chi connectivity index (χ0n) is 14.0. The van der Waals surface area contributed by atoms with Crippen LogP contribution in [0.5, 0.6) is 0 Å². The third-order valence-corrected chi connectivity index (χ3v) is 4.57. The van der Waals surface area contributed by atoms with Gasteiger partial charge < -0.3 is 20.4 Å². The summed E-state index contributed by atoms with van der Waals surface area (Å²) >= 11 is 0. The number of piperazine rings is 1. The van der Waals surface area contributed by atoms with Crippen molar-refractivity contribution in [3.8, 4) is 0 Å². The van der Waals surface area contributed by atoms with E-state index >= 15 is 0 Å². The van der Waals surface area contributed by atoms with Crippen LogP contribution in [-0.4, -0.2) is 60.5 Å². The molecule has 3 amide bonds. The Morgan fingerprint density at radius 3 is 2.52 bits per heavy atom. The molecule has 0 bridgehead atoms. The molecule has 0 saturated carbocycles. The number of nitrogens with one attached hydrogen (secondary N) is 2. The summed E-state index contributed by atoms with van der Waals surface area (Å²) in [4.78, 5) is 28.6. The first kappa shape index (κ1) is 19.5. The van der Waals surface area contributed by atoms with Crippen molar-refractivity contribution in [1.29, 1.82) is 0 Å². The summed E-state index contributed by atoms with van der Waals surface area (Å²) in [6, 6.07) is 5.58. The van der Waals surface area contributed by atoms with Gasteiger partial charge in [0.15, 0.2) is 0 Å². The predicted molar refractivity (Wildman–Crippen MR) is 95.1 cm³/mol. The van der Waals surface area contributed by atoms with Crippen molar-refractivity contribution in [3.05, 3.63) is 35.6 Å². The maximum Gasteiger partial charge on any atom is 0.320 e. The standard InChI is InChI=1S/C17H23FN4O2.ClH/c18-14-5-3-13(4-6-14)12-20-16(23)15-2-1-9-22(15)17(24)21-10-7-19-8-11-21;/h3-6,15,19H,1-2,7-12H2,(H,20,23);1H. The maximum atomic E-state index is 12.9. The smallest absolute Gasteiger partial charge is 0.320 e. The number of carbonyl (C=O) groups excluding carboxylic acids is 2. The molecule has 2 aliphatic rings. The monoisotopic (exact) mass is 370 g/mol. The Bertz CT molecular complexity index is 593. The highest BCUT2D eigenvalue weighted by Gasteiger charge is 2.36. The summed E-state index contributed by atoms with van der Waals surface area (Å²) in [5.41, 5.74) is 0.836. The normalized spacial score (nSPS) is 20.1. The van der Waals surface area contributed by atoms with E-state index < -0.39 is 6.04 Å². The van der Waals surface area contributed by atoms with E-state index in [0.29, 0.717) is 32.6 Å². The van der Waals surface area contributed by atoms with Crippen LogP contribution in [0.15, 0.2) is 24.3 Å². The first-order valence-corrected chi connectivity index (χ1v) is 8.43. The molecule has 1 aromatic carbocycles. The molecule has 2 N–H and O–H groups in total. The quantitative estimate of drug-likeness (QED) is 0.844. The first-order chi connectivity index (χ1) is 11.6. The van der Waals surface area contributed by atoms with Crippen molar-refractivity contribution in [1.82, 2.24) is 20.4 Å². The first-order valence-electron chi connectivity index (χ1n) is 8.43. The molecular formula is C17H24ClFN4O2. The second-order valence-corrected chi connectivity index (χ2v) is 6.22. The fourth-order valence-corrected chi connectivity index (χ4v) is 3.22. The average Bonchev–Trinajstić information content (AvgIpc) is 3.11. The largest absolute Gasteiger partial charge is 0.350 e. The van der Waals surface area contributed by atoms with Gasteiger partial charge in [0.25, 0.3) is 0 Å². The SMILES string of the molecule is Cl.O=C(NCc1ccc(F)cc1)C1CCCN1C(=O)N1CCNCC1. The Kier molecular flexibility index (Phi) is 7.01. The molecule has 2 saturated heterocycles. The second-order valence-electron chi connectivity index (χ2n) is 6.22. The molecule has 1 unspecified atom stereocenters. The number of urea groups is 1. The zero-order chi connectivity index (χ0) is 16.9. The van der Waals surface area contributed by atoms with E-state index in [1.165, 1.54) is 12.1 Å². The topological polar surface area (TPSA) is 64.7 Å². The predicted octanol–water partition coefficient (Wildman–Crippen LogP) is 1.35. The third-order valence-electron chi connectivity index (χ3n) is 4.57. The Hall–Kier alpha value is -1.86. The Morgan fingerprint density at radius 2 is 1.84 bits per heavy atom. The molecule has 2 aliphatic heterocycles. The highest BCUT2D eigenvalue weighted by Crippen LogP contribution is 2.19. The third kappa shape index (κ3) is 4.83. The molecule has 0 aromatic heterocycles. The number of likely N-dealkylation sites (tertiary alicyclic amines) is 1. The van der Waals surface area contributed by atoms with Gasteiger partial charge in [0.2, 0.25) is 5.91 Å². The number of amides is 3. The number of benzene rings is 1. The van der Waals surface area contributed by atoms with Crippen LogP contribution in [0.25, 0.3) is 0 Å². The molecular weight excluding hydrogens is 347 g/mol. The van der Waals surface area contributed by atoms with Crippen LogP contribution >= 0.6 is 12.4 Å². The molecule has 6 nitrogen and oxygen atoms in total. The lowest BCUT2D eigenvalue weighted by Crippen LogP contribution is -2.55. The van der Waals surface area contributed by atoms with Gasteiger partial charge in [-0.3, -0.25) is 4.79 Å². The van der Waals surface area contributed by atoms with Gasteiger partial charge in [-0.15, -0.1) is 12.4 Å². The van der Waals surface area contributed by atoms with E-state index in [9.17, 15) is 14.0 Å². The summed E-state index contributed by atoms with van der Waals surface area (Å²) in [6.45, 7) is 3.91. The number of hydrogen-bond donors (Lipinski definition) is 2. The van der Waals surface area contributed by atoms with Gasteiger partial charge in [-0.2, -0.15) is 0 Å². The molecule has 0 spiro atoms. The molecule has 2 fully saturated rings. The minimum Gasteiger partial charge on any atom is -0.350 e. The Balaban J connectivity index is 0.00000225. The minimum atomic E-state index is -0.409. The molecule has 1 aromatic rings. The van der Waals surface area contributed by atoms with Crippen molar-refractivity contribution in [3.63, 3.8) is 0 Å². The van der Waals surface area contributed by atoms with Crippen LogP contribution in [0.2, 0.25) is 0 Å². The van der Waals surface area contributed by atoms with Gasteiger partial charge in [-0.25, -0.2) is 9.18 Å². The van der Waals surface area contributed by atoms with Gasteiger partial charge in [0.1, 0.15) is 11.9 Å². The summed E-state index contributed by atoms with van der Waals surface area (Å²) < 4.78 is 12.9. The van der Waals surface area contributed by atoms with Gasteiger partial charge in [-0.05, 0) is 30.5 Å². The van der Waals surface area contributed by atoms with Crippen molar-refractivity contribution in [2.45, 2.75) is 25.4 Å². The van der Waals surface area contributed by atoms with E-state index in [2.05, 4.69) is 10.6 Å². The van der Waals surface area contributed by atoms with Crippen LogP contribution in [0.1, 0.15) is 18.4 Å². The second kappa shape index (κ2) is 9.01. The van der Waals surface area contributed by atoms with Crippen LogP contribution in [0, 0.1) is 5.82 Å². The summed E-state index contributed by atoms with van der Waals surface area (Å²) in [6.07, 6.45) is 1.53. The summed E-state index contributed by atoms with van der Waals surface area (Å²) in [5.74, 6) is -0.436. The molecule has 0 radical (unpaired) electrons. The fourth-order valence-electron chi connectivity index (χ4n) is 3.22. The molecule has 8 heteroatoms. The maximum absolute atomic E-state index is 12.9. The lowest BCUT2D eigenvalue weighted by atomic mass is 10.2. The summed E-state index contributed by atoms with van der Waals surface area (Å²) in [7, 11) is 0. The molecule has 0 aliphatic carbocycles. The lowest BCUT2D eigenvalue weighted by molar-refractivity contribution is -0.125. The minimum absolute atomic E-state index is 0. The molecule has 3 rings (SSSR count). The number of nitrogens with zero attached hydrogens (tertiary/aromatic N) is 2. The number of halogens is 2. The van der Waals surface area contributed by atoms with E-state index in [-0.39, 0.29) is 30.2 Å². The van der Waals surface area contributed by atoms with Crippen LogP contribution in [0.4, 0.5) is 9.18 Å².